The van der Waals surface area contributed by atoms with Gasteiger partial charge in [-0.2, -0.15) is 17.5 Å². The number of aryl methyl sites for hydroxylation is 2. The monoisotopic (exact) mass is 454 g/mol. The Morgan fingerprint density at radius 3 is 2.39 bits per heavy atom. The van der Waals surface area contributed by atoms with Crippen LogP contribution in [0.5, 0.6) is 0 Å². The summed E-state index contributed by atoms with van der Waals surface area (Å²) in [5.74, 6) is -0.477. The molecule has 1 aliphatic rings. The van der Waals surface area contributed by atoms with E-state index in [-0.39, 0.29) is 29.8 Å². The summed E-state index contributed by atoms with van der Waals surface area (Å²) in [6.07, 6.45) is -3.99. The molecule has 3 rings (SSSR count). The number of nitrogens with zero attached hydrogens (tertiary/aromatic N) is 1. The lowest BCUT2D eigenvalue weighted by Crippen LogP contribution is -2.42. The highest BCUT2D eigenvalue weighted by Crippen LogP contribution is 2.32. The van der Waals surface area contributed by atoms with E-state index in [1.807, 2.05) is 32.0 Å². The highest BCUT2D eigenvalue weighted by atomic mass is 32.2. The van der Waals surface area contributed by atoms with Crippen LogP contribution in [0.4, 0.5) is 13.2 Å². The molecule has 1 fully saturated rings. The third kappa shape index (κ3) is 5.46. The van der Waals surface area contributed by atoms with E-state index >= 15 is 0 Å². The number of sulfonamides is 1. The molecule has 0 unspecified atom stereocenters. The summed E-state index contributed by atoms with van der Waals surface area (Å²) in [7, 11) is -4.06. The molecule has 5 nitrogen and oxygen atoms in total. The van der Waals surface area contributed by atoms with Gasteiger partial charge < -0.3 is 5.32 Å². The van der Waals surface area contributed by atoms with Gasteiger partial charge in [-0.15, -0.1) is 0 Å². The lowest BCUT2D eigenvalue weighted by atomic mass is 9.97. The quantitative estimate of drug-likeness (QED) is 0.742. The maximum Gasteiger partial charge on any atom is 0.416 e. The number of amides is 1. The molecule has 31 heavy (non-hydrogen) atoms. The number of piperidine rings is 1. The predicted octanol–water partition coefficient (Wildman–Crippen LogP) is 4.04. The Hall–Kier alpha value is -2.39. The average molecular weight is 455 g/mol. The molecule has 1 amide bonds. The van der Waals surface area contributed by atoms with Crippen LogP contribution in [0.15, 0.2) is 47.4 Å². The predicted molar refractivity (Wildman–Crippen MR) is 111 cm³/mol. The molecule has 0 saturated carbocycles. The molecule has 2 aromatic carbocycles. The van der Waals surface area contributed by atoms with Gasteiger partial charge >= 0.3 is 6.18 Å². The molecule has 0 bridgehead atoms. The maximum atomic E-state index is 12.9. The zero-order valence-electron chi connectivity index (χ0n) is 17.4. The number of alkyl halides is 3. The third-order valence-corrected chi connectivity index (χ3v) is 7.47. The smallest absolute Gasteiger partial charge is 0.352 e. The molecule has 2 aromatic rings. The van der Waals surface area contributed by atoms with Crippen LogP contribution in [-0.4, -0.2) is 31.7 Å². The van der Waals surface area contributed by atoms with E-state index in [1.54, 1.807) is 0 Å². The lowest BCUT2D eigenvalue weighted by Gasteiger charge is -2.30. The van der Waals surface area contributed by atoms with Gasteiger partial charge in [0.15, 0.2) is 0 Å². The molecule has 0 aromatic heterocycles. The second kappa shape index (κ2) is 9.00. The van der Waals surface area contributed by atoms with E-state index in [2.05, 4.69) is 5.32 Å². The summed E-state index contributed by atoms with van der Waals surface area (Å²) >= 11 is 0. The largest absolute Gasteiger partial charge is 0.416 e. The molecule has 0 radical (unpaired) electrons. The number of halogens is 3. The Bertz CT molecular complexity index is 1060. The van der Waals surface area contributed by atoms with Gasteiger partial charge in [-0.05, 0) is 56.0 Å². The molecule has 1 aliphatic heterocycles. The Balaban J connectivity index is 1.60. The van der Waals surface area contributed by atoms with Crippen molar-refractivity contribution in [3.05, 3.63) is 64.7 Å². The number of benzene rings is 2. The van der Waals surface area contributed by atoms with Gasteiger partial charge in [-0.25, -0.2) is 8.42 Å². The van der Waals surface area contributed by atoms with Gasteiger partial charge in [0, 0.05) is 25.6 Å². The van der Waals surface area contributed by atoms with Crippen LogP contribution in [-0.2, 0) is 27.5 Å². The highest BCUT2D eigenvalue weighted by molar-refractivity contribution is 7.89. The zero-order valence-corrected chi connectivity index (χ0v) is 18.2. The van der Waals surface area contributed by atoms with Crippen molar-refractivity contribution in [2.75, 3.05) is 13.1 Å². The molecule has 1 heterocycles. The van der Waals surface area contributed by atoms with E-state index in [0.717, 1.165) is 39.2 Å². The minimum absolute atomic E-state index is 0.0836. The molecule has 0 atom stereocenters. The molecular weight excluding hydrogens is 429 g/mol. The first-order valence-corrected chi connectivity index (χ1v) is 11.4. The van der Waals surface area contributed by atoms with Crippen LogP contribution in [0.25, 0.3) is 0 Å². The van der Waals surface area contributed by atoms with Crippen molar-refractivity contribution in [2.24, 2.45) is 5.92 Å². The summed E-state index contributed by atoms with van der Waals surface area (Å²) in [6, 6.07) is 9.72. The second-order valence-corrected chi connectivity index (χ2v) is 9.79. The van der Waals surface area contributed by atoms with E-state index in [1.165, 1.54) is 0 Å². The van der Waals surface area contributed by atoms with Gasteiger partial charge in [0.2, 0.25) is 15.9 Å². The third-order valence-electron chi connectivity index (χ3n) is 5.58. The number of carbonyl (C=O) groups is 1. The van der Waals surface area contributed by atoms with Crippen LogP contribution >= 0.6 is 0 Å². The average Bonchev–Trinajstić information content (AvgIpc) is 2.72. The molecule has 0 aliphatic carbocycles. The van der Waals surface area contributed by atoms with Crippen molar-refractivity contribution >= 4 is 15.9 Å². The molecular formula is C22H25F3N2O3S. The molecule has 1 N–H and O–H groups in total. The summed E-state index contributed by atoms with van der Waals surface area (Å²) in [6.45, 7) is 4.54. The van der Waals surface area contributed by atoms with E-state index in [4.69, 9.17) is 0 Å². The number of carbonyl (C=O) groups excluding carboxylic acids is 1. The van der Waals surface area contributed by atoms with Crippen LogP contribution in [0.1, 0.15) is 35.1 Å². The molecule has 0 spiro atoms. The van der Waals surface area contributed by atoms with E-state index < -0.39 is 21.8 Å². The Kier molecular flexibility index (Phi) is 6.76. The fourth-order valence-corrected chi connectivity index (χ4v) is 5.23. The summed E-state index contributed by atoms with van der Waals surface area (Å²) in [5, 5.41) is 2.91. The van der Waals surface area contributed by atoms with Crippen molar-refractivity contribution in [2.45, 2.75) is 44.3 Å². The summed E-state index contributed by atoms with van der Waals surface area (Å²) < 4.78 is 65.5. The number of rotatable bonds is 5. The molecule has 9 heteroatoms. The zero-order chi connectivity index (χ0) is 22.8. The van der Waals surface area contributed by atoms with Gasteiger partial charge in [0.05, 0.1) is 10.5 Å². The van der Waals surface area contributed by atoms with Crippen molar-refractivity contribution in [3.8, 4) is 0 Å². The van der Waals surface area contributed by atoms with Crippen LogP contribution in [0, 0.1) is 19.8 Å². The molecule has 168 valence electrons. The first-order chi connectivity index (χ1) is 14.5. The van der Waals surface area contributed by atoms with Gasteiger partial charge in [-0.3, -0.25) is 4.79 Å². The van der Waals surface area contributed by atoms with Crippen LogP contribution in [0.3, 0.4) is 0 Å². The standard InChI is InChI=1S/C22H25F3N2O3S/c1-15-6-7-18(16(2)12-15)14-26-21(28)17-8-10-27(11-9-17)31(29,30)20-5-3-4-19(13-20)22(23,24)25/h3-7,12-13,17H,8-11,14H2,1-2H3,(H,26,28). The summed E-state index contributed by atoms with van der Waals surface area (Å²) in [4.78, 5) is 12.1. The lowest BCUT2D eigenvalue weighted by molar-refractivity contribution is -0.137. The van der Waals surface area contributed by atoms with E-state index in [9.17, 15) is 26.4 Å². The number of nitrogens with one attached hydrogen (secondary N) is 1. The first kappa shape index (κ1) is 23.3. The fraction of sp³-hybridized carbons (Fsp3) is 0.409. The SMILES string of the molecule is Cc1ccc(CNC(=O)C2CCN(S(=O)(=O)c3cccc(C(F)(F)F)c3)CC2)c(C)c1. The molecule has 1 saturated heterocycles. The van der Waals surface area contributed by atoms with Gasteiger partial charge in [0.25, 0.3) is 0 Å². The number of hydrogen-bond donors (Lipinski definition) is 1. The van der Waals surface area contributed by atoms with Gasteiger partial charge in [0.1, 0.15) is 0 Å². The fourth-order valence-electron chi connectivity index (χ4n) is 3.71. The summed E-state index contributed by atoms with van der Waals surface area (Å²) in [5.41, 5.74) is 2.24. The van der Waals surface area contributed by atoms with Crippen molar-refractivity contribution in [1.29, 1.82) is 0 Å². The van der Waals surface area contributed by atoms with Crippen molar-refractivity contribution < 1.29 is 26.4 Å². The Labute approximate surface area is 180 Å². The topological polar surface area (TPSA) is 66.5 Å². The van der Waals surface area contributed by atoms with Crippen molar-refractivity contribution in [3.63, 3.8) is 0 Å². The van der Waals surface area contributed by atoms with Crippen molar-refractivity contribution in [1.82, 2.24) is 9.62 Å². The highest BCUT2D eigenvalue weighted by Gasteiger charge is 2.35. The Morgan fingerprint density at radius 1 is 1.10 bits per heavy atom. The Morgan fingerprint density at radius 2 is 1.77 bits per heavy atom. The minimum atomic E-state index is -4.62. The van der Waals surface area contributed by atoms with Gasteiger partial charge in [-0.1, -0.05) is 29.8 Å². The normalized spacial score (nSPS) is 16.3. The second-order valence-electron chi connectivity index (χ2n) is 7.85. The van der Waals surface area contributed by atoms with Crippen LogP contribution < -0.4 is 5.32 Å². The minimum Gasteiger partial charge on any atom is -0.352 e. The van der Waals surface area contributed by atoms with E-state index in [0.29, 0.717) is 25.5 Å². The maximum absolute atomic E-state index is 12.9. The van der Waals surface area contributed by atoms with Crippen LogP contribution in [0.2, 0.25) is 0 Å². The first-order valence-electron chi connectivity index (χ1n) is 10.00. The number of hydrogen-bond acceptors (Lipinski definition) is 3.